The van der Waals surface area contributed by atoms with Crippen LogP contribution in [0.2, 0.25) is 0 Å². The number of benzene rings is 1. The summed E-state index contributed by atoms with van der Waals surface area (Å²) in [5.74, 6) is -0.472. The number of likely N-dealkylation sites (tertiary alicyclic amines) is 1. The summed E-state index contributed by atoms with van der Waals surface area (Å²) in [6.45, 7) is 1.99. The number of allylic oxidation sites excluding steroid dienone is 2. The molecule has 172 valence electrons. The van der Waals surface area contributed by atoms with Crippen LogP contribution in [0.5, 0.6) is 0 Å². The van der Waals surface area contributed by atoms with E-state index in [0.29, 0.717) is 11.4 Å². The number of fused-ring (bicyclic) bond motifs is 1. The van der Waals surface area contributed by atoms with Crippen molar-refractivity contribution >= 4 is 23.5 Å². The number of para-hydroxylation sites is 1. The van der Waals surface area contributed by atoms with E-state index in [1.54, 1.807) is 18.7 Å². The first-order valence-corrected chi connectivity index (χ1v) is 11.3. The summed E-state index contributed by atoms with van der Waals surface area (Å²) in [5, 5.41) is 5.30. The fourth-order valence-corrected chi connectivity index (χ4v) is 5.51. The summed E-state index contributed by atoms with van der Waals surface area (Å²) in [4.78, 5) is 52.5. The van der Waals surface area contributed by atoms with Crippen LogP contribution < -0.4 is 16.2 Å². The number of carbonyl (C=O) groups is 3. The predicted octanol–water partition coefficient (Wildman–Crippen LogP) is 1.80. The van der Waals surface area contributed by atoms with Crippen LogP contribution in [0, 0.1) is 30.6 Å². The second-order valence-electron chi connectivity index (χ2n) is 8.99. The van der Waals surface area contributed by atoms with Crippen molar-refractivity contribution in [1.29, 1.82) is 0 Å². The van der Waals surface area contributed by atoms with E-state index in [2.05, 4.69) is 22.8 Å². The maximum absolute atomic E-state index is 12.9. The zero-order valence-electron chi connectivity index (χ0n) is 18.7. The maximum Gasteiger partial charge on any atom is 0.319 e. The molecule has 2 aromatic rings. The Morgan fingerprint density at radius 2 is 1.61 bits per heavy atom. The van der Waals surface area contributed by atoms with Gasteiger partial charge >= 0.3 is 6.03 Å². The van der Waals surface area contributed by atoms with Gasteiger partial charge in [0.05, 0.1) is 23.2 Å². The Morgan fingerprint density at radius 1 is 1.00 bits per heavy atom. The fourth-order valence-electron chi connectivity index (χ4n) is 5.51. The van der Waals surface area contributed by atoms with Gasteiger partial charge in [0.25, 0.3) is 5.56 Å². The molecule has 2 bridgehead atoms. The number of imide groups is 1. The minimum absolute atomic E-state index is 0.115. The van der Waals surface area contributed by atoms with E-state index >= 15 is 0 Å². The third-order valence-electron chi connectivity index (χ3n) is 7.26. The molecule has 1 aliphatic heterocycles. The lowest BCUT2D eigenvalue weighted by molar-refractivity contribution is -0.140. The Labute approximate surface area is 191 Å². The van der Waals surface area contributed by atoms with E-state index in [9.17, 15) is 19.2 Å². The SMILES string of the molecule is Cc1c(NC(=O)NCCN2C(=O)C3C4C=CC(CC4)C3C2=O)c(=O)n(-c2ccccc2)n1C. The first kappa shape index (κ1) is 21.2. The molecule has 1 saturated heterocycles. The average Bonchev–Trinajstić information content (AvgIpc) is 3.21. The van der Waals surface area contributed by atoms with Crippen molar-refractivity contribution in [2.45, 2.75) is 19.8 Å². The molecule has 4 atom stereocenters. The van der Waals surface area contributed by atoms with Crippen LogP contribution in [-0.2, 0) is 16.6 Å². The molecule has 2 fully saturated rings. The normalized spacial score (nSPS) is 25.5. The molecule has 9 heteroatoms. The van der Waals surface area contributed by atoms with Gasteiger partial charge in [-0.25, -0.2) is 9.48 Å². The molecular weight excluding hydrogens is 422 g/mol. The average molecular weight is 450 g/mol. The van der Waals surface area contributed by atoms with E-state index in [1.165, 1.54) is 9.58 Å². The smallest absolute Gasteiger partial charge is 0.319 e. The molecule has 4 aliphatic rings. The van der Waals surface area contributed by atoms with Crippen molar-refractivity contribution in [2.75, 3.05) is 18.4 Å². The highest BCUT2D eigenvalue weighted by atomic mass is 16.2. The minimum atomic E-state index is -0.556. The molecule has 9 nitrogen and oxygen atoms in total. The van der Waals surface area contributed by atoms with Crippen LogP contribution in [0.1, 0.15) is 18.5 Å². The van der Waals surface area contributed by atoms with Gasteiger partial charge in [-0.2, -0.15) is 0 Å². The number of rotatable bonds is 5. The Kier molecular flexibility index (Phi) is 5.19. The van der Waals surface area contributed by atoms with Gasteiger partial charge in [0.1, 0.15) is 5.69 Å². The molecule has 33 heavy (non-hydrogen) atoms. The largest absolute Gasteiger partial charge is 0.336 e. The standard InChI is InChI=1S/C24H27N5O4/c1-14-20(23(32)29(27(14)2)17-6-4-3-5-7-17)26-24(33)25-12-13-28-21(30)18-15-8-9-16(11-10-15)19(18)22(28)31/h3-9,15-16,18-19H,10-13H2,1-2H3,(H2,25,26,33). The molecule has 2 N–H and O–H groups in total. The monoisotopic (exact) mass is 449 g/mol. The number of hydrogen-bond acceptors (Lipinski definition) is 4. The number of aromatic nitrogens is 2. The molecule has 4 amide bonds. The lowest BCUT2D eigenvalue weighted by atomic mass is 9.63. The topological polar surface area (TPSA) is 105 Å². The van der Waals surface area contributed by atoms with Crippen LogP contribution in [0.3, 0.4) is 0 Å². The van der Waals surface area contributed by atoms with Crippen molar-refractivity contribution in [2.24, 2.45) is 30.7 Å². The summed E-state index contributed by atoms with van der Waals surface area (Å²) in [6.07, 6.45) is 6.07. The Balaban J connectivity index is 1.22. The van der Waals surface area contributed by atoms with E-state index in [4.69, 9.17) is 0 Å². The first-order chi connectivity index (χ1) is 15.9. The van der Waals surface area contributed by atoms with Crippen LogP contribution in [0.15, 0.2) is 47.3 Å². The third-order valence-corrected chi connectivity index (χ3v) is 7.26. The highest BCUT2D eigenvalue weighted by Crippen LogP contribution is 2.49. The summed E-state index contributed by atoms with van der Waals surface area (Å²) < 4.78 is 3.16. The summed E-state index contributed by atoms with van der Waals surface area (Å²) in [7, 11) is 1.75. The molecule has 4 unspecified atom stereocenters. The van der Waals surface area contributed by atoms with E-state index < -0.39 is 6.03 Å². The molecule has 1 saturated carbocycles. The molecule has 6 rings (SSSR count). The van der Waals surface area contributed by atoms with E-state index in [1.807, 2.05) is 30.3 Å². The maximum atomic E-state index is 12.9. The Morgan fingerprint density at radius 3 is 2.18 bits per heavy atom. The highest BCUT2D eigenvalue weighted by molar-refractivity contribution is 6.06. The van der Waals surface area contributed by atoms with Crippen molar-refractivity contribution in [3.8, 4) is 5.69 Å². The van der Waals surface area contributed by atoms with Crippen molar-refractivity contribution < 1.29 is 14.4 Å². The number of urea groups is 1. The quantitative estimate of drug-likeness (QED) is 0.536. The lowest BCUT2D eigenvalue weighted by Crippen LogP contribution is -2.40. The summed E-state index contributed by atoms with van der Waals surface area (Å²) in [5.41, 5.74) is 1.14. The molecule has 0 radical (unpaired) electrons. The first-order valence-electron chi connectivity index (χ1n) is 11.3. The molecule has 1 aromatic heterocycles. The molecule has 1 aromatic carbocycles. The van der Waals surface area contributed by atoms with Gasteiger partial charge in [0.2, 0.25) is 11.8 Å². The third kappa shape index (κ3) is 3.39. The number of anilines is 1. The van der Waals surface area contributed by atoms with Crippen LogP contribution >= 0.6 is 0 Å². The Bertz CT molecular complexity index is 1180. The van der Waals surface area contributed by atoms with E-state index in [0.717, 1.165) is 12.8 Å². The molecule has 0 spiro atoms. The highest BCUT2D eigenvalue weighted by Gasteiger charge is 2.56. The van der Waals surface area contributed by atoms with Crippen molar-refractivity contribution in [3.63, 3.8) is 0 Å². The number of carbonyl (C=O) groups excluding carboxylic acids is 3. The number of nitrogens with one attached hydrogen (secondary N) is 2. The fraction of sp³-hybridized carbons (Fsp3) is 0.417. The second-order valence-corrected chi connectivity index (χ2v) is 8.99. The number of hydrogen-bond donors (Lipinski definition) is 2. The number of amides is 4. The second kappa shape index (κ2) is 8.06. The van der Waals surface area contributed by atoms with Gasteiger partial charge in [0.15, 0.2) is 0 Å². The predicted molar refractivity (Wildman–Crippen MR) is 122 cm³/mol. The van der Waals surface area contributed by atoms with Crippen LogP contribution in [0.4, 0.5) is 10.5 Å². The summed E-state index contributed by atoms with van der Waals surface area (Å²) >= 11 is 0. The van der Waals surface area contributed by atoms with Gasteiger partial charge in [-0.1, -0.05) is 30.4 Å². The van der Waals surface area contributed by atoms with Crippen molar-refractivity contribution in [3.05, 3.63) is 58.5 Å². The zero-order valence-corrected chi connectivity index (χ0v) is 18.7. The lowest BCUT2D eigenvalue weighted by Gasteiger charge is -2.38. The van der Waals surface area contributed by atoms with Crippen LogP contribution in [0.25, 0.3) is 5.69 Å². The van der Waals surface area contributed by atoms with E-state index in [-0.39, 0.29) is 59.8 Å². The van der Waals surface area contributed by atoms with Gasteiger partial charge in [0, 0.05) is 20.1 Å². The van der Waals surface area contributed by atoms with Gasteiger partial charge in [-0.05, 0) is 43.7 Å². The molecule has 2 heterocycles. The van der Waals surface area contributed by atoms with Crippen LogP contribution in [-0.4, -0.2) is 45.2 Å². The van der Waals surface area contributed by atoms with Gasteiger partial charge in [-0.3, -0.25) is 24.0 Å². The van der Waals surface area contributed by atoms with Gasteiger partial charge < -0.3 is 10.6 Å². The van der Waals surface area contributed by atoms with Crippen molar-refractivity contribution in [1.82, 2.24) is 19.6 Å². The zero-order chi connectivity index (χ0) is 23.3. The summed E-state index contributed by atoms with van der Waals surface area (Å²) in [6, 6.07) is 8.61. The molecule has 3 aliphatic carbocycles. The van der Waals surface area contributed by atoms with Gasteiger partial charge in [-0.15, -0.1) is 0 Å². The number of nitrogens with zero attached hydrogens (tertiary/aromatic N) is 3. The minimum Gasteiger partial charge on any atom is -0.336 e. The Hall–Kier alpha value is -3.62. The molecular formula is C24H27N5O4.